The Bertz CT molecular complexity index is 462. The van der Waals surface area contributed by atoms with Crippen molar-refractivity contribution in [2.45, 2.75) is 0 Å². The van der Waals surface area contributed by atoms with Gasteiger partial charge in [-0.2, -0.15) is 0 Å². The number of nitrogens with zero attached hydrogens (tertiary/aromatic N) is 2. The van der Waals surface area contributed by atoms with Gasteiger partial charge in [0, 0.05) is 26.2 Å². The van der Waals surface area contributed by atoms with E-state index in [9.17, 15) is 4.79 Å². The number of likely N-dealkylation sites (N-methyl/N-ethyl adjacent to an activating group) is 1. The molecule has 4 nitrogen and oxygen atoms in total. The van der Waals surface area contributed by atoms with Crippen molar-refractivity contribution in [1.29, 1.82) is 0 Å². The standard InChI is InChI=1S/C13H16BrClN2O2/c1-16-5-7-17(8-6-16)12(18)9-19-11-4-2-3-10(15)13(11)14/h2-4H,5-9H2,1H3. The summed E-state index contributed by atoms with van der Waals surface area (Å²) < 4.78 is 6.21. The lowest BCUT2D eigenvalue weighted by molar-refractivity contribution is -0.134. The summed E-state index contributed by atoms with van der Waals surface area (Å²) in [5.74, 6) is 0.606. The molecule has 0 saturated carbocycles. The average molecular weight is 348 g/mol. The monoisotopic (exact) mass is 346 g/mol. The maximum absolute atomic E-state index is 12.0. The van der Waals surface area contributed by atoms with Crippen LogP contribution in [0.15, 0.2) is 22.7 Å². The Morgan fingerprint density at radius 2 is 2.05 bits per heavy atom. The minimum absolute atomic E-state index is 0.0139. The molecule has 0 atom stereocenters. The van der Waals surface area contributed by atoms with E-state index in [0.29, 0.717) is 15.2 Å². The molecule has 0 spiro atoms. The first-order valence-corrected chi connectivity index (χ1v) is 7.28. The zero-order valence-corrected chi connectivity index (χ0v) is 13.1. The van der Waals surface area contributed by atoms with Gasteiger partial charge in [0.25, 0.3) is 5.91 Å². The lowest BCUT2D eigenvalue weighted by atomic mass is 10.3. The topological polar surface area (TPSA) is 32.8 Å². The van der Waals surface area contributed by atoms with Gasteiger partial charge in [0.15, 0.2) is 6.61 Å². The van der Waals surface area contributed by atoms with Crippen molar-refractivity contribution < 1.29 is 9.53 Å². The molecule has 1 aromatic carbocycles. The van der Waals surface area contributed by atoms with Crippen LogP contribution in [-0.2, 0) is 4.79 Å². The molecule has 0 aromatic heterocycles. The number of halogens is 2. The summed E-state index contributed by atoms with van der Waals surface area (Å²) in [6.07, 6.45) is 0. The van der Waals surface area contributed by atoms with Crippen LogP contribution in [0.1, 0.15) is 0 Å². The van der Waals surface area contributed by atoms with E-state index in [2.05, 4.69) is 27.9 Å². The molecule has 0 bridgehead atoms. The Hall–Kier alpha value is -0.780. The zero-order valence-electron chi connectivity index (χ0n) is 10.7. The first kappa shape index (κ1) is 14.6. The fourth-order valence-electron chi connectivity index (χ4n) is 1.88. The molecule has 0 unspecified atom stereocenters. The maximum Gasteiger partial charge on any atom is 0.260 e. The first-order valence-electron chi connectivity index (χ1n) is 6.11. The molecule has 0 N–H and O–H groups in total. The Morgan fingerprint density at radius 3 is 2.74 bits per heavy atom. The van der Waals surface area contributed by atoms with E-state index in [1.807, 2.05) is 4.90 Å². The minimum Gasteiger partial charge on any atom is -0.483 e. The van der Waals surface area contributed by atoms with E-state index >= 15 is 0 Å². The van der Waals surface area contributed by atoms with Crippen molar-refractivity contribution >= 4 is 33.4 Å². The predicted molar refractivity (Wildman–Crippen MR) is 78.7 cm³/mol. The molecule has 0 aliphatic carbocycles. The van der Waals surface area contributed by atoms with Gasteiger partial charge in [-0.05, 0) is 35.1 Å². The highest BCUT2D eigenvalue weighted by atomic mass is 79.9. The molecular formula is C13H16BrClN2O2. The van der Waals surface area contributed by atoms with E-state index in [-0.39, 0.29) is 12.5 Å². The van der Waals surface area contributed by atoms with E-state index in [1.54, 1.807) is 18.2 Å². The number of hydrogen-bond donors (Lipinski definition) is 0. The molecule has 1 aromatic rings. The van der Waals surface area contributed by atoms with Crippen LogP contribution >= 0.6 is 27.5 Å². The van der Waals surface area contributed by atoms with Crippen molar-refractivity contribution in [3.05, 3.63) is 27.7 Å². The van der Waals surface area contributed by atoms with Crippen LogP contribution in [0.25, 0.3) is 0 Å². The van der Waals surface area contributed by atoms with Crippen LogP contribution in [0, 0.1) is 0 Å². The molecule has 19 heavy (non-hydrogen) atoms. The highest BCUT2D eigenvalue weighted by Gasteiger charge is 2.19. The van der Waals surface area contributed by atoms with Gasteiger partial charge < -0.3 is 14.5 Å². The molecule has 6 heteroatoms. The highest BCUT2D eigenvalue weighted by molar-refractivity contribution is 9.10. The normalized spacial score (nSPS) is 16.5. The Kier molecular flexibility index (Phi) is 5.07. The zero-order chi connectivity index (χ0) is 13.8. The number of carbonyl (C=O) groups excluding carboxylic acids is 1. The smallest absolute Gasteiger partial charge is 0.260 e. The van der Waals surface area contributed by atoms with E-state index in [4.69, 9.17) is 16.3 Å². The highest BCUT2D eigenvalue weighted by Crippen LogP contribution is 2.31. The van der Waals surface area contributed by atoms with Gasteiger partial charge in [-0.3, -0.25) is 4.79 Å². The fraction of sp³-hybridized carbons (Fsp3) is 0.462. The predicted octanol–water partition coefficient (Wildman–Crippen LogP) is 2.26. The molecule has 0 radical (unpaired) electrons. The molecule has 1 heterocycles. The first-order chi connectivity index (χ1) is 9.08. The summed E-state index contributed by atoms with van der Waals surface area (Å²) in [7, 11) is 2.06. The number of carbonyl (C=O) groups is 1. The second-order valence-corrected chi connectivity index (χ2v) is 5.72. The second kappa shape index (κ2) is 6.59. The number of ether oxygens (including phenoxy) is 1. The van der Waals surface area contributed by atoms with Gasteiger partial charge in [0.2, 0.25) is 0 Å². The third-order valence-electron chi connectivity index (χ3n) is 3.12. The van der Waals surface area contributed by atoms with Gasteiger partial charge >= 0.3 is 0 Å². The summed E-state index contributed by atoms with van der Waals surface area (Å²) in [5, 5.41) is 0.574. The number of piperazine rings is 1. The summed E-state index contributed by atoms with van der Waals surface area (Å²) in [5.41, 5.74) is 0. The van der Waals surface area contributed by atoms with Crippen LogP contribution in [0.5, 0.6) is 5.75 Å². The summed E-state index contributed by atoms with van der Waals surface area (Å²) in [4.78, 5) is 16.0. The largest absolute Gasteiger partial charge is 0.483 e. The van der Waals surface area contributed by atoms with E-state index in [1.165, 1.54) is 0 Å². The lowest BCUT2D eigenvalue weighted by Gasteiger charge is -2.32. The average Bonchev–Trinajstić information content (AvgIpc) is 2.41. The Labute approximate surface area is 126 Å². The molecule has 104 valence electrons. The van der Waals surface area contributed by atoms with Crippen molar-refractivity contribution in [1.82, 2.24) is 9.80 Å². The maximum atomic E-state index is 12.0. The van der Waals surface area contributed by atoms with Crippen LogP contribution in [0.3, 0.4) is 0 Å². The van der Waals surface area contributed by atoms with Crippen molar-refractivity contribution in [3.63, 3.8) is 0 Å². The summed E-state index contributed by atoms with van der Waals surface area (Å²) in [6, 6.07) is 5.34. The third kappa shape index (κ3) is 3.84. The van der Waals surface area contributed by atoms with Crippen molar-refractivity contribution in [2.24, 2.45) is 0 Å². The van der Waals surface area contributed by atoms with E-state index < -0.39 is 0 Å². The van der Waals surface area contributed by atoms with Crippen LogP contribution in [0.2, 0.25) is 5.02 Å². The van der Waals surface area contributed by atoms with E-state index in [0.717, 1.165) is 26.2 Å². The molecule has 1 amide bonds. The summed E-state index contributed by atoms with van der Waals surface area (Å²) >= 11 is 9.31. The molecule has 1 aliphatic rings. The van der Waals surface area contributed by atoms with Gasteiger partial charge in [0.05, 0.1) is 9.50 Å². The number of amides is 1. The van der Waals surface area contributed by atoms with Crippen molar-refractivity contribution in [2.75, 3.05) is 39.8 Å². The van der Waals surface area contributed by atoms with Crippen LogP contribution in [-0.4, -0.2) is 55.5 Å². The Morgan fingerprint density at radius 1 is 1.37 bits per heavy atom. The molecular weight excluding hydrogens is 332 g/mol. The number of hydrogen-bond acceptors (Lipinski definition) is 3. The minimum atomic E-state index is 0.0139. The number of rotatable bonds is 3. The quantitative estimate of drug-likeness (QED) is 0.841. The fourth-order valence-corrected chi connectivity index (χ4v) is 2.43. The SMILES string of the molecule is CN1CCN(C(=O)COc2cccc(Cl)c2Br)CC1. The van der Waals surface area contributed by atoms with Gasteiger partial charge in [0.1, 0.15) is 5.75 Å². The molecule has 1 aliphatic heterocycles. The molecule has 1 fully saturated rings. The Balaban J connectivity index is 1.88. The van der Waals surface area contributed by atoms with Crippen LogP contribution in [0.4, 0.5) is 0 Å². The number of benzene rings is 1. The van der Waals surface area contributed by atoms with Crippen molar-refractivity contribution in [3.8, 4) is 5.75 Å². The molecule has 1 saturated heterocycles. The van der Waals surface area contributed by atoms with Gasteiger partial charge in [-0.1, -0.05) is 17.7 Å². The van der Waals surface area contributed by atoms with Crippen LogP contribution < -0.4 is 4.74 Å². The summed E-state index contributed by atoms with van der Waals surface area (Å²) in [6.45, 7) is 3.38. The second-order valence-electron chi connectivity index (χ2n) is 4.52. The third-order valence-corrected chi connectivity index (χ3v) is 4.48. The van der Waals surface area contributed by atoms with Gasteiger partial charge in [-0.15, -0.1) is 0 Å². The van der Waals surface area contributed by atoms with Gasteiger partial charge in [-0.25, -0.2) is 0 Å². The molecule has 2 rings (SSSR count). The lowest BCUT2D eigenvalue weighted by Crippen LogP contribution is -2.48.